The van der Waals surface area contributed by atoms with E-state index in [0.29, 0.717) is 18.1 Å². The first-order valence-corrected chi connectivity index (χ1v) is 5.81. The third-order valence-electron chi connectivity index (χ3n) is 2.91. The number of hydrogen-bond donors (Lipinski definition) is 1. The number of rotatable bonds is 2. The number of para-hydroxylation sites is 2. The molecule has 0 saturated heterocycles. The predicted octanol–water partition coefficient (Wildman–Crippen LogP) is 1.95. The number of benzene rings is 1. The summed E-state index contributed by atoms with van der Waals surface area (Å²) in [4.78, 5) is 3.99. The van der Waals surface area contributed by atoms with Crippen molar-refractivity contribution in [3.05, 3.63) is 54.4 Å². The van der Waals surface area contributed by atoms with Gasteiger partial charge in [-0.1, -0.05) is 18.2 Å². The Balaban J connectivity index is 1.80. The van der Waals surface area contributed by atoms with Crippen LogP contribution in [0.15, 0.2) is 48.8 Å². The van der Waals surface area contributed by atoms with Crippen LogP contribution in [0.4, 0.5) is 0 Å². The molecular weight excluding hydrogens is 230 g/mol. The molecule has 0 saturated carbocycles. The number of ether oxygens (including phenoxy) is 2. The number of aromatic nitrogens is 1. The second-order valence-electron chi connectivity index (χ2n) is 4.15. The van der Waals surface area contributed by atoms with E-state index in [0.717, 1.165) is 5.56 Å². The monoisotopic (exact) mass is 243 g/mol. The Morgan fingerprint density at radius 2 is 2.00 bits per heavy atom. The lowest BCUT2D eigenvalue weighted by molar-refractivity contribution is -0.0114. The lowest BCUT2D eigenvalue weighted by atomic mass is 10.1. The van der Waals surface area contributed by atoms with Crippen LogP contribution >= 0.6 is 0 Å². The normalized spacial score (nSPS) is 19.3. The highest BCUT2D eigenvalue weighted by atomic mass is 16.6. The lowest BCUT2D eigenvalue weighted by Crippen LogP contribution is -2.34. The molecule has 1 aromatic heterocycles. The molecule has 92 valence electrons. The van der Waals surface area contributed by atoms with E-state index in [9.17, 15) is 5.11 Å². The van der Waals surface area contributed by atoms with Gasteiger partial charge in [0, 0.05) is 18.0 Å². The highest BCUT2D eigenvalue weighted by molar-refractivity contribution is 5.41. The van der Waals surface area contributed by atoms with E-state index in [1.165, 1.54) is 0 Å². The van der Waals surface area contributed by atoms with Gasteiger partial charge in [0.05, 0.1) is 0 Å². The summed E-state index contributed by atoms with van der Waals surface area (Å²) in [5, 5.41) is 10.2. The zero-order chi connectivity index (χ0) is 12.4. The molecule has 1 aliphatic heterocycles. The first-order valence-electron chi connectivity index (χ1n) is 5.81. The topological polar surface area (TPSA) is 51.6 Å². The first kappa shape index (κ1) is 11.0. The fourth-order valence-corrected chi connectivity index (χ4v) is 1.96. The number of nitrogens with zero attached hydrogens (tertiary/aromatic N) is 1. The fourth-order valence-electron chi connectivity index (χ4n) is 1.96. The second kappa shape index (κ2) is 4.66. The standard InChI is InChI=1S/C14H13NO3/c16-14(10-4-3-7-15-8-10)13-9-17-11-5-1-2-6-12(11)18-13/h1-8,13-14,16H,9H2. The number of fused-ring (bicyclic) bond motifs is 1. The summed E-state index contributed by atoms with van der Waals surface area (Å²) in [6, 6.07) is 11.1. The van der Waals surface area contributed by atoms with Gasteiger partial charge in [0.2, 0.25) is 0 Å². The van der Waals surface area contributed by atoms with Crippen molar-refractivity contribution in [2.45, 2.75) is 12.2 Å². The Labute approximate surface area is 105 Å². The molecule has 18 heavy (non-hydrogen) atoms. The number of pyridine rings is 1. The Morgan fingerprint density at radius 1 is 1.17 bits per heavy atom. The molecule has 1 aliphatic rings. The zero-order valence-corrected chi connectivity index (χ0v) is 9.69. The van der Waals surface area contributed by atoms with Gasteiger partial charge in [0.25, 0.3) is 0 Å². The predicted molar refractivity (Wildman–Crippen MR) is 65.5 cm³/mol. The van der Waals surface area contributed by atoms with E-state index >= 15 is 0 Å². The highest BCUT2D eigenvalue weighted by Gasteiger charge is 2.28. The van der Waals surface area contributed by atoms with Gasteiger partial charge in [-0.25, -0.2) is 0 Å². The molecule has 2 unspecified atom stereocenters. The average molecular weight is 243 g/mol. The third kappa shape index (κ3) is 2.02. The summed E-state index contributed by atoms with van der Waals surface area (Å²) in [5.74, 6) is 1.38. The number of hydrogen-bond acceptors (Lipinski definition) is 4. The highest BCUT2D eigenvalue weighted by Crippen LogP contribution is 2.34. The largest absolute Gasteiger partial charge is 0.486 e. The van der Waals surface area contributed by atoms with E-state index in [-0.39, 0.29) is 0 Å². The van der Waals surface area contributed by atoms with E-state index in [1.54, 1.807) is 18.5 Å². The van der Waals surface area contributed by atoms with E-state index in [2.05, 4.69) is 4.98 Å². The minimum Gasteiger partial charge on any atom is -0.486 e. The van der Waals surface area contributed by atoms with E-state index < -0.39 is 12.2 Å². The smallest absolute Gasteiger partial charge is 0.163 e. The van der Waals surface area contributed by atoms with Gasteiger partial charge >= 0.3 is 0 Å². The quantitative estimate of drug-likeness (QED) is 0.876. The molecule has 2 atom stereocenters. The van der Waals surface area contributed by atoms with Crippen molar-refractivity contribution in [2.75, 3.05) is 6.61 Å². The third-order valence-corrected chi connectivity index (χ3v) is 2.91. The maximum Gasteiger partial charge on any atom is 0.163 e. The van der Waals surface area contributed by atoms with Crippen LogP contribution in [0, 0.1) is 0 Å². The van der Waals surface area contributed by atoms with Crippen LogP contribution in [0.5, 0.6) is 11.5 Å². The van der Waals surface area contributed by atoms with E-state index in [1.807, 2.05) is 30.3 Å². The maximum absolute atomic E-state index is 10.2. The van der Waals surface area contributed by atoms with Crippen LogP contribution in [0.3, 0.4) is 0 Å². The van der Waals surface area contributed by atoms with Gasteiger partial charge in [-0.05, 0) is 18.2 Å². The fraction of sp³-hybridized carbons (Fsp3) is 0.214. The van der Waals surface area contributed by atoms with Gasteiger partial charge in [0.1, 0.15) is 12.7 Å². The summed E-state index contributed by atoms with van der Waals surface area (Å²) in [6.07, 6.45) is 2.15. The van der Waals surface area contributed by atoms with Gasteiger partial charge in [-0.3, -0.25) is 4.98 Å². The molecule has 0 bridgehead atoms. The summed E-state index contributed by atoms with van der Waals surface area (Å²) >= 11 is 0. The van der Waals surface area contributed by atoms with Gasteiger partial charge in [-0.15, -0.1) is 0 Å². The Hall–Kier alpha value is -2.07. The van der Waals surface area contributed by atoms with Crippen molar-refractivity contribution < 1.29 is 14.6 Å². The van der Waals surface area contributed by atoms with Crippen molar-refractivity contribution >= 4 is 0 Å². The molecular formula is C14H13NO3. The van der Waals surface area contributed by atoms with Crippen molar-refractivity contribution in [1.82, 2.24) is 4.98 Å². The van der Waals surface area contributed by atoms with Crippen molar-refractivity contribution in [2.24, 2.45) is 0 Å². The minimum atomic E-state index is -0.743. The van der Waals surface area contributed by atoms with Crippen LogP contribution in [0.25, 0.3) is 0 Å². The second-order valence-corrected chi connectivity index (χ2v) is 4.15. The van der Waals surface area contributed by atoms with Crippen molar-refractivity contribution in [1.29, 1.82) is 0 Å². The number of aliphatic hydroxyl groups is 1. The van der Waals surface area contributed by atoms with Crippen molar-refractivity contribution in [3.63, 3.8) is 0 Å². The summed E-state index contributed by atoms with van der Waals surface area (Å²) < 4.78 is 11.3. The van der Waals surface area contributed by atoms with Crippen molar-refractivity contribution in [3.8, 4) is 11.5 Å². The zero-order valence-electron chi connectivity index (χ0n) is 9.69. The summed E-state index contributed by atoms with van der Waals surface area (Å²) in [6.45, 7) is 0.326. The molecule has 2 aromatic rings. The molecule has 4 heteroatoms. The molecule has 3 rings (SSSR count). The van der Waals surface area contributed by atoms with Crippen LogP contribution in [-0.2, 0) is 0 Å². The average Bonchev–Trinajstić information content (AvgIpc) is 2.47. The van der Waals surface area contributed by atoms with Gasteiger partial charge < -0.3 is 14.6 Å². The Morgan fingerprint density at radius 3 is 2.78 bits per heavy atom. The maximum atomic E-state index is 10.2. The number of aliphatic hydroxyl groups excluding tert-OH is 1. The van der Waals surface area contributed by atoms with Gasteiger partial charge in [-0.2, -0.15) is 0 Å². The molecule has 0 radical (unpaired) electrons. The van der Waals surface area contributed by atoms with Crippen LogP contribution in [0.2, 0.25) is 0 Å². The molecule has 4 nitrogen and oxygen atoms in total. The van der Waals surface area contributed by atoms with Crippen LogP contribution < -0.4 is 9.47 Å². The first-order chi connectivity index (χ1) is 8.84. The van der Waals surface area contributed by atoms with Gasteiger partial charge in [0.15, 0.2) is 17.6 Å². The van der Waals surface area contributed by atoms with Crippen LogP contribution in [0.1, 0.15) is 11.7 Å². The van der Waals surface area contributed by atoms with E-state index in [4.69, 9.17) is 9.47 Å². The minimum absolute atomic E-state index is 0.326. The molecule has 0 fully saturated rings. The molecule has 1 N–H and O–H groups in total. The Bertz CT molecular complexity index is 530. The summed E-state index contributed by atoms with van der Waals surface area (Å²) in [7, 11) is 0. The molecule has 0 amide bonds. The molecule has 2 heterocycles. The van der Waals surface area contributed by atoms with Crippen LogP contribution in [-0.4, -0.2) is 22.8 Å². The molecule has 1 aromatic carbocycles. The lowest BCUT2D eigenvalue weighted by Gasteiger charge is -2.29. The SMILES string of the molecule is OC(c1cccnc1)C1COc2ccccc2O1. The summed E-state index contributed by atoms with van der Waals surface area (Å²) in [5.41, 5.74) is 0.727. The molecule has 0 spiro atoms. The Kier molecular flexibility index (Phi) is 2.86. The molecule has 0 aliphatic carbocycles.